The zero-order valence-electron chi connectivity index (χ0n) is 15.2. The van der Waals surface area contributed by atoms with Gasteiger partial charge in [0.05, 0.1) is 26.2 Å². The Morgan fingerprint density at radius 1 is 1.17 bits per heavy atom. The Hall–Kier alpha value is -0.610. The van der Waals surface area contributed by atoms with Gasteiger partial charge < -0.3 is 14.2 Å². The lowest BCUT2D eigenvalue weighted by atomic mass is 9.45. The Bertz CT molecular complexity index is 456. The van der Waals surface area contributed by atoms with Gasteiger partial charge >= 0.3 is 5.97 Å². The first kappa shape index (κ1) is 17.2. The lowest BCUT2D eigenvalue weighted by Crippen LogP contribution is -2.62. The molecular formula is C19H32O4. The lowest BCUT2D eigenvalue weighted by molar-refractivity contribution is -0.297. The molecule has 0 radical (unpaired) electrons. The van der Waals surface area contributed by atoms with Gasteiger partial charge in [0.1, 0.15) is 0 Å². The molecule has 0 aromatic heterocycles. The maximum Gasteiger partial charge on any atom is 0.306 e. The number of hydrogen-bond acceptors (Lipinski definition) is 4. The molecule has 4 heteroatoms. The smallest absolute Gasteiger partial charge is 0.306 e. The Balaban J connectivity index is 1.92. The van der Waals surface area contributed by atoms with Crippen LogP contribution in [0.3, 0.4) is 0 Å². The number of rotatable bonds is 3. The van der Waals surface area contributed by atoms with Crippen LogP contribution in [-0.4, -0.2) is 31.6 Å². The fourth-order valence-corrected chi connectivity index (χ4v) is 5.77. The van der Waals surface area contributed by atoms with E-state index in [2.05, 4.69) is 20.8 Å². The van der Waals surface area contributed by atoms with Gasteiger partial charge in [0.2, 0.25) is 0 Å². The van der Waals surface area contributed by atoms with Crippen LogP contribution in [0, 0.1) is 22.7 Å². The first-order valence-electron chi connectivity index (χ1n) is 9.31. The molecule has 3 aliphatic rings. The van der Waals surface area contributed by atoms with Crippen LogP contribution in [0.25, 0.3) is 0 Å². The van der Waals surface area contributed by atoms with Crippen LogP contribution in [0.5, 0.6) is 0 Å². The van der Waals surface area contributed by atoms with Crippen molar-refractivity contribution >= 4 is 5.97 Å². The Kier molecular flexibility index (Phi) is 4.52. The zero-order chi connectivity index (χ0) is 16.7. The first-order valence-corrected chi connectivity index (χ1v) is 9.31. The second kappa shape index (κ2) is 6.03. The maximum atomic E-state index is 12.3. The van der Waals surface area contributed by atoms with E-state index in [-0.39, 0.29) is 16.8 Å². The van der Waals surface area contributed by atoms with E-state index in [9.17, 15) is 4.79 Å². The molecule has 3 rings (SSSR count). The van der Waals surface area contributed by atoms with Gasteiger partial charge in [0, 0.05) is 11.8 Å². The van der Waals surface area contributed by atoms with E-state index in [0.717, 1.165) is 32.1 Å². The van der Waals surface area contributed by atoms with Gasteiger partial charge in [-0.15, -0.1) is 0 Å². The van der Waals surface area contributed by atoms with E-state index in [1.54, 1.807) is 0 Å². The van der Waals surface area contributed by atoms with Crippen molar-refractivity contribution in [1.29, 1.82) is 0 Å². The summed E-state index contributed by atoms with van der Waals surface area (Å²) in [6, 6.07) is 0. The standard InChI is InChI=1S/C19H32O4/c1-5-21-16(20)13-17(3)14(2)8-10-18(4)15(17)7-6-9-19(18)22-11-12-23-19/h14-15H,5-13H2,1-4H3/t14-,15-,17+,18-/m1/s1. The summed E-state index contributed by atoms with van der Waals surface area (Å²) in [5, 5.41) is 0. The molecule has 1 saturated heterocycles. The molecule has 1 spiro atoms. The van der Waals surface area contributed by atoms with E-state index in [1.807, 2.05) is 6.92 Å². The summed E-state index contributed by atoms with van der Waals surface area (Å²) < 4.78 is 17.7. The fraction of sp³-hybridized carbons (Fsp3) is 0.947. The van der Waals surface area contributed by atoms with Crippen molar-refractivity contribution in [3.05, 3.63) is 0 Å². The maximum absolute atomic E-state index is 12.3. The molecule has 0 N–H and O–H groups in total. The summed E-state index contributed by atoms with van der Waals surface area (Å²) >= 11 is 0. The molecule has 0 bridgehead atoms. The van der Waals surface area contributed by atoms with Gasteiger partial charge in [-0.3, -0.25) is 4.79 Å². The minimum atomic E-state index is -0.425. The van der Waals surface area contributed by atoms with Crippen LogP contribution in [0.15, 0.2) is 0 Å². The van der Waals surface area contributed by atoms with Crippen molar-refractivity contribution in [2.75, 3.05) is 19.8 Å². The number of fused-ring (bicyclic) bond motifs is 2. The Morgan fingerprint density at radius 3 is 2.52 bits per heavy atom. The summed E-state index contributed by atoms with van der Waals surface area (Å²) in [6.07, 6.45) is 6.02. The Labute approximate surface area is 140 Å². The number of carbonyl (C=O) groups excluding carboxylic acids is 1. The van der Waals surface area contributed by atoms with E-state index < -0.39 is 5.79 Å². The fourth-order valence-electron chi connectivity index (χ4n) is 5.77. The molecule has 23 heavy (non-hydrogen) atoms. The molecule has 4 atom stereocenters. The van der Waals surface area contributed by atoms with Crippen LogP contribution < -0.4 is 0 Å². The van der Waals surface area contributed by atoms with Gasteiger partial charge in [-0.05, 0) is 49.9 Å². The molecule has 3 fully saturated rings. The molecule has 4 nitrogen and oxygen atoms in total. The van der Waals surface area contributed by atoms with Crippen LogP contribution in [-0.2, 0) is 19.0 Å². The first-order chi connectivity index (χ1) is 10.9. The molecule has 0 unspecified atom stereocenters. The number of esters is 1. The predicted octanol–water partition coefficient (Wildman–Crippen LogP) is 3.93. The molecule has 0 aromatic rings. The second-order valence-electron chi connectivity index (χ2n) is 8.24. The number of carbonyl (C=O) groups is 1. The molecule has 132 valence electrons. The molecule has 1 heterocycles. The zero-order valence-corrected chi connectivity index (χ0v) is 15.2. The van der Waals surface area contributed by atoms with Gasteiger partial charge in [0.25, 0.3) is 0 Å². The molecular weight excluding hydrogens is 292 g/mol. The minimum Gasteiger partial charge on any atom is -0.466 e. The highest BCUT2D eigenvalue weighted by Gasteiger charge is 2.65. The highest BCUT2D eigenvalue weighted by Crippen LogP contribution is 2.65. The second-order valence-corrected chi connectivity index (χ2v) is 8.24. The van der Waals surface area contributed by atoms with Crippen molar-refractivity contribution in [3.8, 4) is 0 Å². The number of hydrogen-bond donors (Lipinski definition) is 0. The summed E-state index contributed by atoms with van der Waals surface area (Å²) in [5.41, 5.74) is -0.0442. The SMILES string of the molecule is CCOC(=O)C[C@@]1(C)[C@H](C)CC[C@]2(C)[C@@H]1CCCC21OCCO1. The van der Waals surface area contributed by atoms with Crippen LogP contribution in [0.1, 0.15) is 66.2 Å². The average Bonchev–Trinajstić information content (AvgIpc) is 2.97. The summed E-state index contributed by atoms with van der Waals surface area (Å²) in [7, 11) is 0. The summed E-state index contributed by atoms with van der Waals surface area (Å²) in [5.74, 6) is 0.474. The minimum absolute atomic E-state index is 0.00446. The third kappa shape index (κ3) is 2.53. The molecule has 0 amide bonds. The van der Waals surface area contributed by atoms with Crippen molar-refractivity contribution in [2.45, 2.75) is 72.0 Å². The topological polar surface area (TPSA) is 44.8 Å². The van der Waals surface area contributed by atoms with Crippen molar-refractivity contribution < 1.29 is 19.0 Å². The normalized spacial score (nSPS) is 42.4. The number of ether oxygens (including phenoxy) is 3. The van der Waals surface area contributed by atoms with Crippen LogP contribution in [0.2, 0.25) is 0 Å². The van der Waals surface area contributed by atoms with E-state index in [4.69, 9.17) is 14.2 Å². The molecule has 2 saturated carbocycles. The van der Waals surface area contributed by atoms with Gasteiger partial charge in [-0.2, -0.15) is 0 Å². The van der Waals surface area contributed by atoms with E-state index >= 15 is 0 Å². The van der Waals surface area contributed by atoms with Crippen molar-refractivity contribution in [2.24, 2.45) is 22.7 Å². The average molecular weight is 324 g/mol. The van der Waals surface area contributed by atoms with Gasteiger partial charge in [-0.25, -0.2) is 0 Å². The molecule has 1 aliphatic heterocycles. The quantitative estimate of drug-likeness (QED) is 0.738. The van der Waals surface area contributed by atoms with Gasteiger partial charge in [-0.1, -0.05) is 20.8 Å². The van der Waals surface area contributed by atoms with Crippen molar-refractivity contribution in [3.63, 3.8) is 0 Å². The highest BCUT2D eigenvalue weighted by atomic mass is 16.7. The molecule has 0 aromatic carbocycles. The Morgan fingerprint density at radius 2 is 1.87 bits per heavy atom. The van der Waals surface area contributed by atoms with E-state index in [1.165, 1.54) is 0 Å². The summed E-state index contributed by atoms with van der Waals surface area (Å²) in [4.78, 5) is 12.3. The molecule has 2 aliphatic carbocycles. The van der Waals surface area contributed by atoms with Crippen LogP contribution in [0.4, 0.5) is 0 Å². The third-order valence-corrected chi connectivity index (χ3v) is 7.24. The van der Waals surface area contributed by atoms with Crippen LogP contribution >= 0.6 is 0 Å². The lowest BCUT2D eigenvalue weighted by Gasteiger charge is -2.62. The monoisotopic (exact) mass is 324 g/mol. The highest BCUT2D eigenvalue weighted by molar-refractivity contribution is 5.70. The third-order valence-electron chi connectivity index (χ3n) is 7.24. The largest absolute Gasteiger partial charge is 0.466 e. The summed E-state index contributed by atoms with van der Waals surface area (Å²) in [6.45, 7) is 10.7. The van der Waals surface area contributed by atoms with Gasteiger partial charge in [0.15, 0.2) is 5.79 Å². The van der Waals surface area contributed by atoms with E-state index in [0.29, 0.717) is 38.1 Å². The predicted molar refractivity (Wildman–Crippen MR) is 87.8 cm³/mol. The van der Waals surface area contributed by atoms with Crippen molar-refractivity contribution in [1.82, 2.24) is 0 Å².